The van der Waals surface area contributed by atoms with Crippen LogP contribution in [0.25, 0.3) is 0 Å². The number of rotatable bonds is 7. The molecule has 1 aliphatic heterocycles. The summed E-state index contributed by atoms with van der Waals surface area (Å²) >= 11 is 0. The van der Waals surface area contributed by atoms with Gasteiger partial charge in [-0.25, -0.2) is 0 Å². The monoisotopic (exact) mass is 307 g/mol. The van der Waals surface area contributed by atoms with Crippen molar-refractivity contribution < 1.29 is 14.9 Å². The van der Waals surface area contributed by atoms with Crippen LogP contribution in [0, 0.1) is 5.92 Å². The fourth-order valence-corrected chi connectivity index (χ4v) is 2.93. The van der Waals surface area contributed by atoms with Crippen molar-refractivity contribution in [3.05, 3.63) is 35.9 Å². The van der Waals surface area contributed by atoms with Crippen LogP contribution in [0.4, 0.5) is 0 Å². The number of aliphatic hydroxyl groups is 2. The van der Waals surface area contributed by atoms with Gasteiger partial charge in [-0.05, 0) is 24.3 Å². The Balaban J connectivity index is 1.75. The van der Waals surface area contributed by atoms with Gasteiger partial charge in [-0.15, -0.1) is 0 Å². The molecule has 2 N–H and O–H groups in total. The van der Waals surface area contributed by atoms with Crippen LogP contribution in [0.2, 0.25) is 0 Å². The van der Waals surface area contributed by atoms with Crippen LogP contribution in [0.1, 0.15) is 32.3 Å². The number of β-amino-alcohol motifs (C(OH)–C–C–N with tert-alkyl or cyclic N) is 1. The summed E-state index contributed by atoms with van der Waals surface area (Å²) in [5, 5.41) is 20.8. The molecular weight excluding hydrogens is 278 g/mol. The molecular formula is C18H29NO3. The molecule has 124 valence electrons. The smallest absolute Gasteiger partial charge is 0.0920 e. The third-order valence-electron chi connectivity index (χ3n) is 4.22. The highest BCUT2D eigenvalue weighted by molar-refractivity contribution is 5.22. The van der Waals surface area contributed by atoms with Crippen LogP contribution < -0.4 is 0 Å². The number of likely N-dealkylation sites (tertiary alicyclic amines) is 1. The second kappa shape index (κ2) is 8.06. The standard InChI is InChI=1S/C18H29NO3/c1-15(2)13-22-14-17(20)12-19-10-8-18(21,9-11-19)16-6-4-3-5-7-16/h3-7,15,17,20-21H,8-14H2,1-2H3. The van der Waals surface area contributed by atoms with Gasteiger partial charge in [0.1, 0.15) is 0 Å². The minimum Gasteiger partial charge on any atom is -0.389 e. The van der Waals surface area contributed by atoms with E-state index in [2.05, 4.69) is 18.7 Å². The molecule has 0 saturated carbocycles. The van der Waals surface area contributed by atoms with Gasteiger partial charge < -0.3 is 19.8 Å². The first-order valence-electron chi connectivity index (χ1n) is 8.26. The summed E-state index contributed by atoms with van der Waals surface area (Å²) in [7, 11) is 0. The maximum Gasteiger partial charge on any atom is 0.0920 e. The Morgan fingerprint density at radius 1 is 1.14 bits per heavy atom. The van der Waals surface area contributed by atoms with E-state index in [4.69, 9.17) is 4.74 Å². The van der Waals surface area contributed by atoms with Crippen LogP contribution in [-0.2, 0) is 10.3 Å². The molecule has 1 heterocycles. The van der Waals surface area contributed by atoms with E-state index < -0.39 is 11.7 Å². The minimum atomic E-state index is -0.725. The van der Waals surface area contributed by atoms with Gasteiger partial charge in [0.15, 0.2) is 0 Å². The van der Waals surface area contributed by atoms with Crippen LogP contribution >= 0.6 is 0 Å². The Kier molecular flexibility index (Phi) is 6.38. The molecule has 22 heavy (non-hydrogen) atoms. The quantitative estimate of drug-likeness (QED) is 0.809. The molecule has 0 amide bonds. The number of nitrogens with zero attached hydrogens (tertiary/aromatic N) is 1. The summed E-state index contributed by atoms with van der Waals surface area (Å²) in [6, 6.07) is 9.88. The third-order valence-corrected chi connectivity index (χ3v) is 4.22. The summed E-state index contributed by atoms with van der Waals surface area (Å²) < 4.78 is 5.48. The molecule has 1 saturated heterocycles. The first kappa shape index (κ1) is 17.4. The fraction of sp³-hybridized carbons (Fsp3) is 0.667. The molecule has 0 radical (unpaired) electrons. The van der Waals surface area contributed by atoms with E-state index in [1.807, 2.05) is 30.3 Å². The van der Waals surface area contributed by atoms with Crippen molar-refractivity contribution in [3.8, 4) is 0 Å². The van der Waals surface area contributed by atoms with Crippen molar-refractivity contribution >= 4 is 0 Å². The Morgan fingerprint density at radius 3 is 2.36 bits per heavy atom. The molecule has 4 nitrogen and oxygen atoms in total. The van der Waals surface area contributed by atoms with Crippen LogP contribution in [0.3, 0.4) is 0 Å². The highest BCUT2D eigenvalue weighted by Crippen LogP contribution is 2.32. The summed E-state index contributed by atoms with van der Waals surface area (Å²) in [5.41, 5.74) is 0.270. The van der Waals surface area contributed by atoms with Gasteiger partial charge in [0.05, 0.1) is 18.3 Å². The molecule has 2 rings (SSSR count). The molecule has 0 spiro atoms. The molecule has 1 atom stereocenters. The molecule has 1 fully saturated rings. The second-order valence-electron chi connectivity index (χ2n) is 6.78. The fourth-order valence-electron chi connectivity index (χ4n) is 2.93. The van der Waals surface area contributed by atoms with Gasteiger partial charge in [-0.3, -0.25) is 0 Å². The molecule has 0 aliphatic carbocycles. The van der Waals surface area contributed by atoms with E-state index in [-0.39, 0.29) is 0 Å². The molecule has 1 unspecified atom stereocenters. The average Bonchev–Trinajstić information content (AvgIpc) is 2.50. The van der Waals surface area contributed by atoms with Gasteiger partial charge in [0.25, 0.3) is 0 Å². The van der Waals surface area contributed by atoms with Gasteiger partial charge in [0.2, 0.25) is 0 Å². The lowest BCUT2D eigenvalue weighted by Gasteiger charge is -2.39. The third kappa shape index (κ3) is 5.06. The largest absolute Gasteiger partial charge is 0.389 e. The summed E-state index contributed by atoms with van der Waals surface area (Å²) in [6.45, 7) is 7.48. The van der Waals surface area contributed by atoms with Crippen molar-refractivity contribution in [1.82, 2.24) is 4.90 Å². The summed E-state index contributed by atoms with van der Waals surface area (Å²) in [6.07, 6.45) is 0.953. The number of aliphatic hydroxyl groups excluding tert-OH is 1. The SMILES string of the molecule is CC(C)COCC(O)CN1CCC(O)(c2ccccc2)CC1. The van der Waals surface area contributed by atoms with E-state index in [9.17, 15) is 10.2 Å². The topological polar surface area (TPSA) is 52.9 Å². The first-order chi connectivity index (χ1) is 10.5. The zero-order valence-electron chi connectivity index (χ0n) is 13.7. The lowest BCUT2D eigenvalue weighted by Crippen LogP contribution is -2.45. The molecule has 1 aromatic carbocycles. The Bertz CT molecular complexity index is 427. The van der Waals surface area contributed by atoms with Gasteiger partial charge in [0, 0.05) is 26.2 Å². The highest BCUT2D eigenvalue weighted by Gasteiger charge is 2.34. The van der Waals surface area contributed by atoms with Crippen molar-refractivity contribution in [2.75, 3.05) is 32.8 Å². The lowest BCUT2D eigenvalue weighted by atomic mass is 9.84. The minimum absolute atomic E-state index is 0.387. The maximum atomic E-state index is 10.8. The van der Waals surface area contributed by atoms with E-state index >= 15 is 0 Å². The van der Waals surface area contributed by atoms with Crippen molar-refractivity contribution in [3.63, 3.8) is 0 Å². The number of hydrogen-bond acceptors (Lipinski definition) is 4. The van der Waals surface area contributed by atoms with Crippen molar-refractivity contribution in [1.29, 1.82) is 0 Å². The van der Waals surface area contributed by atoms with Gasteiger partial charge in [-0.1, -0.05) is 44.2 Å². The van der Waals surface area contributed by atoms with Crippen LogP contribution in [0.5, 0.6) is 0 Å². The zero-order valence-corrected chi connectivity index (χ0v) is 13.7. The number of hydrogen-bond donors (Lipinski definition) is 2. The number of piperidine rings is 1. The normalized spacial score (nSPS) is 20.2. The second-order valence-corrected chi connectivity index (χ2v) is 6.78. The predicted octanol–water partition coefficient (Wildman–Crippen LogP) is 2.00. The van der Waals surface area contributed by atoms with E-state index in [0.717, 1.165) is 18.7 Å². The first-order valence-corrected chi connectivity index (χ1v) is 8.26. The van der Waals surface area contributed by atoms with E-state index in [1.165, 1.54) is 0 Å². The summed E-state index contributed by atoms with van der Waals surface area (Å²) in [4.78, 5) is 2.21. The predicted molar refractivity (Wildman–Crippen MR) is 87.7 cm³/mol. The number of ether oxygens (including phenoxy) is 1. The van der Waals surface area contributed by atoms with Crippen molar-refractivity contribution in [2.24, 2.45) is 5.92 Å². The Hall–Kier alpha value is -0.940. The Morgan fingerprint density at radius 2 is 1.77 bits per heavy atom. The van der Waals surface area contributed by atoms with Crippen molar-refractivity contribution in [2.45, 2.75) is 38.4 Å². The average molecular weight is 307 g/mol. The molecule has 0 aromatic heterocycles. The van der Waals surface area contributed by atoms with E-state index in [1.54, 1.807) is 0 Å². The maximum absolute atomic E-state index is 10.8. The Labute approximate surface area is 133 Å². The zero-order chi connectivity index (χ0) is 16.0. The summed E-state index contributed by atoms with van der Waals surface area (Å²) in [5.74, 6) is 0.489. The van der Waals surface area contributed by atoms with Crippen LogP contribution in [0.15, 0.2) is 30.3 Å². The number of benzene rings is 1. The van der Waals surface area contributed by atoms with E-state index in [0.29, 0.717) is 38.5 Å². The lowest BCUT2D eigenvalue weighted by molar-refractivity contribution is -0.0442. The molecule has 1 aliphatic rings. The van der Waals surface area contributed by atoms with Gasteiger partial charge >= 0.3 is 0 Å². The highest BCUT2D eigenvalue weighted by atomic mass is 16.5. The molecule has 4 heteroatoms. The molecule has 1 aromatic rings. The van der Waals surface area contributed by atoms with Gasteiger partial charge in [-0.2, -0.15) is 0 Å². The van der Waals surface area contributed by atoms with Crippen LogP contribution in [-0.4, -0.2) is 54.1 Å². The molecule has 0 bridgehead atoms.